The summed E-state index contributed by atoms with van der Waals surface area (Å²) in [5, 5.41) is 0. The summed E-state index contributed by atoms with van der Waals surface area (Å²) in [6, 6.07) is 5.85. The Kier molecular flexibility index (Phi) is 5.78. The number of nitrogens with two attached hydrogens (primary N) is 1. The lowest BCUT2D eigenvalue weighted by Crippen LogP contribution is -2.23. The van der Waals surface area contributed by atoms with Gasteiger partial charge in [-0.15, -0.1) is 0 Å². The van der Waals surface area contributed by atoms with E-state index in [0.29, 0.717) is 12.3 Å². The molecule has 18 heavy (non-hydrogen) atoms. The Labute approximate surface area is 110 Å². The fraction of sp³-hybridized carbons (Fsp3) is 0.571. The summed E-state index contributed by atoms with van der Waals surface area (Å²) in [4.78, 5) is 2.08. The molecule has 102 valence electrons. The molecule has 0 bridgehead atoms. The van der Waals surface area contributed by atoms with Gasteiger partial charge >= 0.3 is 0 Å². The van der Waals surface area contributed by atoms with Crippen molar-refractivity contribution in [1.82, 2.24) is 0 Å². The molecule has 1 rings (SSSR count). The number of ether oxygens (including phenoxy) is 2. The van der Waals surface area contributed by atoms with Gasteiger partial charge in [0.2, 0.25) is 0 Å². The van der Waals surface area contributed by atoms with Crippen LogP contribution in [0.2, 0.25) is 0 Å². The van der Waals surface area contributed by atoms with Crippen LogP contribution in [0.15, 0.2) is 18.2 Å². The summed E-state index contributed by atoms with van der Waals surface area (Å²) in [5.41, 5.74) is 7.79. The SMILES string of the molecule is CCOCCN(C)c1cccc(OC(C)C)c1N. The van der Waals surface area contributed by atoms with Gasteiger partial charge in [0.1, 0.15) is 5.75 Å². The third-order valence-corrected chi connectivity index (χ3v) is 2.59. The molecule has 0 unspecified atom stereocenters. The minimum atomic E-state index is 0.122. The van der Waals surface area contributed by atoms with Gasteiger partial charge in [-0.3, -0.25) is 0 Å². The second-order valence-electron chi connectivity index (χ2n) is 4.47. The zero-order valence-electron chi connectivity index (χ0n) is 11.8. The Hall–Kier alpha value is -1.42. The monoisotopic (exact) mass is 252 g/mol. The molecular weight excluding hydrogens is 228 g/mol. The predicted molar refractivity (Wildman–Crippen MR) is 76.4 cm³/mol. The zero-order valence-corrected chi connectivity index (χ0v) is 11.8. The number of benzene rings is 1. The number of anilines is 2. The van der Waals surface area contributed by atoms with Crippen molar-refractivity contribution in [3.8, 4) is 5.75 Å². The van der Waals surface area contributed by atoms with E-state index in [4.69, 9.17) is 15.2 Å². The number of rotatable bonds is 7. The Morgan fingerprint density at radius 3 is 2.67 bits per heavy atom. The molecule has 0 saturated heterocycles. The summed E-state index contributed by atoms with van der Waals surface area (Å²) in [6.45, 7) is 8.21. The molecule has 2 N–H and O–H groups in total. The van der Waals surface area contributed by atoms with Crippen molar-refractivity contribution < 1.29 is 9.47 Å². The van der Waals surface area contributed by atoms with Gasteiger partial charge in [0.05, 0.1) is 24.1 Å². The number of para-hydroxylation sites is 1. The molecule has 0 radical (unpaired) electrons. The van der Waals surface area contributed by atoms with E-state index in [1.165, 1.54) is 0 Å². The van der Waals surface area contributed by atoms with Crippen molar-refractivity contribution >= 4 is 11.4 Å². The summed E-state index contributed by atoms with van der Waals surface area (Å²) in [7, 11) is 2.00. The lowest BCUT2D eigenvalue weighted by atomic mass is 10.2. The summed E-state index contributed by atoms with van der Waals surface area (Å²) in [6.07, 6.45) is 0.122. The van der Waals surface area contributed by atoms with Crippen molar-refractivity contribution in [3.05, 3.63) is 18.2 Å². The molecule has 0 fully saturated rings. The molecule has 0 aliphatic heterocycles. The first-order valence-corrected chi connectivity index (χ1v) is 6.40. The standard InChI is InChI=1S/C14H24N2O2/c1-5-17-10-9-16(4)12-7-6-8-13(14(12)15)18-11(2)3/h6-8,11H,5,9-10,15H2,1-4H3. The van der Waals surface area contributed by atoms with Crippen LogP contribution < -0.4 is 15.4 Å². The Morgan fingerprint density at radius 2 is 2.06 bits per heavy atom. The lowest BCUT2D eigenvalue weighted by molar-refractivity contribution is 0.154. The molecule has 1 aromatic rings. The van der Waals surface area contributed by atoms with Gasteiger partial charge in [-0.05, 0) is 32.9 Å². The number of nitrogen functional groups attached to an aromatic ring is 1. The lowest BCUT2D eigenvalue weighted by Gasteiger charge is -2.23. The van der Waals surface area contributed by atoms with Crippen molar-refractivity contribution in [1.29, 1.82) is 0 Å². The summed E-state index contributed by atoms with van der Waals surface area (Å²) < 4.78 is 11.0. The van der Waals surface area contributed by atoms with Gasteiger partial charge < -0.3 is 20.1 Å². The van der Waals surface area contributed by atoms with Crippen LogP contribution in [0.3, 0.4) is 0 Å². The molecule has 0 heterocycles. The molecule has 0 amide bonds. The first kappa shape index (κ1) is 14.6. The van der Waals surface area contributed by atoms with Crippen LogP contribution in [0, 0.1) is 0 Å². The molecule has 4 heteroatoms. The maximum atomic E-state index is 6.13. The highest BCUT2D eigenvalue weighted by Crippen LogP contribution is 2.32. The quantitative estimate of drug-likeness (QED) is 0.598. The second kappa shape index (κ2) is 7.11. The van der Waals surface area contributed by atoms with Gasteiger partial charge in [-0.2, -0.15) is 0 Å². The number of nitrogens with zero attached hydrogens (tertiary/aromatic N) is 1. The van der Waals surface area contributed by atoms with Crippen LogP contribution in [0.5, 0.6) is 5.75 Å². The van der Waals surface area contributed by atoms with E-state index in [9.17, 15) is 0 Å². The fourth-order valence-corrected chi connectivity index (χ4v) is 1.69. The molecule has 1 aromatic carbocycles. The Bertz CT molecular complexity index is 367. The van der Waals surface area contributed by atoms with Crippen LogP contribution in [0.1, 0.15) is 20.8 Å². The van der Waals surface area contributed by atoms with Crippen LogP contribution >= 0.6 is 0 Å². The predicted octanol–water partition coefficient (Wildman–Crippen LogP) is 2.53. The maximum absolute atomic E-state index is 6.13. The van der Waals surface area contributed by atoms with Crippen LogP contribution in [0.25, 0.3) is 0 Å². The van der Waals surface area contributed by atoms with E-state index >= 15 is 0 Å². The number of likely N-dealkylation sites (N-methyl/N-ethyl adjacent to an activating group) is 1. The zero-order chi connectivity index (χ0) is 13.5. The van der Waals surface area contributed by atoms with Crippen molar-refractivity contribution in [2.45, 2.75) is 26.9 Å². The van der Waals surface area contributed by atoms with E-state index in [-0.39, 0.29) is 6.10 Å². The highest BCUT2D eigenvalue weighted by Gasteiger charge is 2.10. The maximum Gasteiger partial charge on any atom is 0.144 e. The van der Waals surface area contributed by atoms with Crippen LogP contribution in [-0.2, 0) is 4.74 Å². The highest BCUT2D eigenvalue weighted by molar-refractivity contribution is 5.73. The van der Waals surface area contributed by atoms with Gasteiger partial charge in [0.25, 0.3) is 0 Å². The van der Waals surface area contributed by atoms with E-state index in [0.717, 1.165) is 24.6 Å². The first-order valence-electron chi connectivity index (χ1n) is 6.40. The van der Waals surface area contributed by atoms with Crippen molar-refractivity contribution in [2.75, 3.05) is 37.4 Å². The first-order chi connectivity index (χ1) is 8.56. The van der Waals surface area contributed by atoms with Crippen molar-refractivity contribution in [2.24, 2.45) is 0 Å². The third-order valence-electron chi connectivity index (χ3n) is 2.59. The molecule has 0 atom stereocenters. The molecule has 0 saturated carbocycles. The minimum Gasteiger partial charge on any atom is -0.489 e. The van der Waals surface area contributed by atoms with Crippen molar-refractivity contribution in [3.63, 3.8) is 0 Å². The van der Waals surface area contributed by atoms with Gasteiger partial charge in [-0.25, -0.2) is 0 Å². The van der Waals surface area contributed by atoms with E-state index in [1.54, 1.807) is 0 Å². The van der Waals surface area contributed by atoms with Crippen LogP contribution in [-0.4, -0.2) is 32.9 Å². The molecule has 0 aliphatic rings. The molecule has 0 aromatic heterocycles. The topological polar surface area (TPSA) is 47.7 Å². The average Bonchev–Trinajstić information content (AvgIpc) is 2.31. The molecule has 0 spiro atoms. The fourth-order valence-electron chi connectivity index (χ4n) is 1.69. The van der Waals surface area contributed by atoms with Crippen LogP contribution in [0.4, 0.5) is 11.4 Å². The van der Waals surface area contributed by atoms with E-state index in [2.05, 4.69) is 4.90 Å². The average molecular weight is 252 g/mol. The summed E-state index contributed by atoms with van der Waals surface area (Å²) >= 11 is 0. The van der Waals surface area contributed by atoms with Gasteiger partial charge in [-0.1, -0.05) is 6.07 Å². The molecular formula is C14H24N2O2. The Balaban J connectivity index is 2.75. The Morgan fingerprint density at radius 1 is 1.33 bits per heavy atom. The molecule has 4 nitrogen and oxygen atoms in total. The van der Waals surface area contributed by atoms with Gasteiger partial charge in [0, 0.05) is 20.2 Å². The number of hydrogen-bond donors (Lipinski definition) is 1. The van der Waals surface area contributed by atoms with Gasteiger partial charge in [0.15, 0.2) is 0 Å². The minimum absolute atomic E-state index is 0.122. The second-order valence-corrected chi connectivity index (χ2v) is 4.47. The molecule has 0 aliphatic carbocycles. The largest absolute Gasteiger partial charge is 0.489 e. The van der Waals surface area contributed by atoms with E-state index < -0.39 is 0 Å². The highest BCUT2D eigenvalue weighted by atomic mass is 16.5. The smallest absolute Gasteiger partial charge is 0.144 e. The van der Waals surface area contributed by atoms with E-state index in [1.807, 2.05) is 46.0 Å². The normalized spacial score (nSPS) is 10.7. The number of hydrogen-bond acceptors (Lipinski definition) is 4. The summed E-state index contributed by atoms with van der Waals surface area (Å²) in [5.74, 6) is 0.741. The third kappa shape index (κ3) is 4.11.